The van der Waals surface area contributed by atoms with E-state index in [-0.39, 0.29) is 23.0 Å². The molecule has 0 bridgehead atoms. The van der Waals surface area contributed by atoms with E-state index in [0.717, 1.165) is 43.2 Å². The number of carbonyl (C=O) groups excluding carboxylic acids is 1. The van der Waals surface area contributed by atoms with Crippen LogP contribution in [0.25, 0.3) is 0 Å². The van der Waals surface area contributed by atoms with Crippen LogP contribution in [0.4, 0.5) is 15.9 Å². The van der Waals surface area contributed by atoms with Crippen molar-refractivity contribution >= 4 is 27.3 Å². The zero-order valence-corrected chi connectivity index (χ0v) is 19.1. The second kappa shape index (κ2) is 9.68. The van der Waals surface area contributed by atoms with Crippen LogP contribution in [-0.2, 0) is 16.6 Å². The molecule has 4 rings (SSSR count). The van der Waals surface area contributed by atoms with Crippen molar-refractivity contribution in [1.82, 2.24) is 9.71 Å². The van der Waals surface area contributed by atoms with Crippen LogP contribution in [-0.4, -0.2) is 45.4 Å². The molecule has 1 aromatic heterocycles. The van der Waals surface area contributed by atoms with Gasteiger partial charge in [-0.1, -0.05) is 12.1 Å². The smallest absolute Gasteiger partial charge is 0.240 e. The molecule has 2 heterocycles. The predicted molar refractivity (Wildman–Crippen MR) is 126 cm³/mol. The van der Waals surface area contributed by atoms with Crippen molar-refractivity contribution in [3.63, 3.8) is 0 Å². The van der Waals surface area contributed by atoms with Gasteiger partial charge in [-0.15, -0.1) is 0 Å². The summed E-state index contributed by atoms with van der Waals surface area (Å²) in [6, 6.07) is 16.1. The van der Waals surface area contributed by atoms with Gasteiger partial charge in [0.15, 0.2) is 5.78 Å². The Hall–Kier alpha value is -3.30. The van der Waals surface area contributed by atoms with Crippen molar-refractivity contribution in [3.8, 4) is 0 Å². The molecule has 0 aliphatic carbocycles. The number of sulfonamides is 1. The van der Waals surface area contributed by atoms with Crippen molar-refractivity contribution in [2.75, 3.05) is 36.0 Å². The summed E-state index contributed by atoms with van der Waals surface area (Å²) in [6.07, 6.45) is 1.67. The number of carbonyl (C=O) groups is 1. The Bertz CT molecular complexity index is 1240. The maximum absolute atomic E-state index is 13.2. The summed E-state index contributed by atoms with van der Waals surface area (Å²) in [7, 11) is -3.76. The number of nitrogens with one attached hydrogen (secondary N) is 1. The largest absolute Gasteiger partial charge is 0.368 e. The summed E-state index contributed by atoms with van der Waals surface area (Å²) in [4.78, 5) is 20.4. The van der Waals surface area contributed by atoms with Gasteiger partial charge in [0, 0.05) is 50.2 Å². The van der Waals surface area contributed by atoms with Gasteiger partial charge in [-0.25, -0.2) is 22.5 Å². The fourth-order valence-corrected chi connectivity index (χ4v) is 4.80. The van der Waals surface area contributed by atoms with E-state index in [1.807, 2.05) is 6.07 Å². The molecule has 2 aromatic carbocycles. The second-order valence-corrected chi connectivity index (χ2v) is 9.65. The third-order valence-corrected chi connectivity index (χ3v) is 7.02. The topological polar surface area (TPSA) is 82.6 Å². The summed E-state index contributed by atoms with van der Waals surface area (Å²) in [5, 5.41) is 0. The van der Waals surface area contributed by atoms with Gasteiger partial charge in [0.25, 0.3) is 0 Å². The van der Waals surface area contributed by atoms with Crippen LogP contribution in [0.1, 0.15) is 22.8 Å². The first-order valence-electron chi connectivity index (χ1n) is 10.6. The van der Waals surface area contributed by atoms with E-state index in [0.29, 0.717) is 5.56 Å². The molecule has 33 heavy (non-hydrogen) atoms. The highest BCUT2D eigenvalue weighted by molar-refractivity contribution is 7.89. The molecule has 0 radical (unpaired) electrons. The minimum absolute atomic E-state index is 0.0568. The Morgan fingerprint density at radius 2 is 1.70 bits per heavy atom. The van der Waals surface area contributed by atoms with Crippen LogP contribution >= 0.6 is 0 Å². The molecule has 3 aromatic rings. The number of rotatable bonds is 7. The van der Waals surface area contributed by atoms with E-state index < -0.39 is 10.0 Å². The van der Waals surface area contributed by atoms with Gasteiger partial charge in [-0.05, 0) is 61.0 Å². The average Bonchev–Trinajstić information content (AvgIpc) is 2.84. The molecule has 1 aliphatic rings. The molecule has 1 aliphatic heterocycles. The molecule has 7 nitrogen and oxygen atoms in total. The highest BCUT2D eigenvalue weighted by Crippen LogP contribution is 2.20. The van der Waals surface area contributed by atoms with Crippen molar-refractivity contribution < 1.29 is 17.6 Å². The maximum Gasteiger partial charge on any atom is 0.240 e. The average molecular weight is 469 g/mol. The predicted octanol–water partition coefficient (Wildman–Crippen LogP) is 3.23. The molecule has 1 fully saturated rings. The van der Waals surface area contributed by atoms with Crippen LogP contribution < -0.4 is 14.5 Å². The Balaban J connectivity index is 1.39. The molecule has 9 heteroatoms. The minimum atomic E-state index is -3.76. The first-order valence-corrected chi connectivity index (χ1v) is 12.1. The number of anilines is 2. The first-order chi connectivity index (χ1) is 15.8. The summed E-state index contributed by atoms with van der Waals surface area (Å²) >= 11 is 0. The normalized spacial score (nSPS) is 14.4. The van der Waals surface area contributed by atoms with E-state index in [1.54, 1.807) is 36.5 Å². The number of nitrogens with zero attached hydrogens (tertiary/aromatic N) is 3. The summed E-state index contributed by atoms with van der Waals surface area (Å²) in [5.41, 5.74) is 2.12. The van der Waals surface area contributed by atoms with Crippen LogP contribution in [0.5, 0.6) is 0 Å². The monoisotopic (exact) mass is 468 g/mol. The van der Waals surface area contributed by atoms with E-state index >= 15 is 0 Å². The number of piperazine rings is 1. The lowest BCUT2D eigenvalue weighted by atomic mass is 10.2. The molecule has 172 valence electrons. The summed E-state index contributed by atoms with van der Waals surface area (Å²) in [6.45, 7) is 4.55. The Labute approximate surface area is 192 Å². The lowest BCUT2D eigenvalue weighted by Crippen LogP contribution is -2.46. The quantitative estimate of drug-likeness (QED) is 0.536. The molecule has 0 unspecified atom stereocenters. The first kappa shape index (κ1) is 22.9. The van der Waals surface area contributed by atoms with Gasteiger partial charge in [0.05, 0.1) is 4.90 Å². The van der Waals surface area contributed by atoms with Gasteiger partial charge >= 0.3 is 0 Å². The number of ketones is 1. The number of pyridine rings is 1. The minimum Gasteiger partial charge on any atom is -0.368 e. The van der Waals surface area contributed by atoms with Gasteiger partial charge in [0.2, 0.25) is 10.0 Å². The van der Waals surface area contributed by atoms with Gasteiger partial charge in [-0.3, -0.25) is 4.79 Å². The van der Waals surface area contributed by atoms with Gasteiger partial charge in [0.1, 0.15) is 11.6 Å². The molecule has 0 saturated carbocycles. The van der Waals surface area contributed by atoms with Crippen molar-refractivity contribution in [2.24, 2.45) is 0 Å². The summed E-state index contributed by atoms with van der Waals surface area (Å²) < 4.78 is 41.1. The van der Waals surface area contributed by atoms with E-state index in [1.165, 1.54) is 31.2 Å². The lowest BCUT2D eigenvalue weighted by Gasteiger charge is -2.36. The molecular formula is C24H25FN4O3S. The summed E-state index contributed by atoms with van der Waals surface area (Å²) in [5.74, 6) is 0.343. The van der Waals surface area contributed by atoms with Crippen LogP contribution in [0.3, 0.4) is 0 Å². The molecule has 0 spiro atoms. The zero-order chi connectivity index (χ0) is 23.4. The number of benzene rings is 2. The fourth-order valence-electron chi connectivity index (χ4n) is 3.73. The Morgan fingerprint density at radius 3 is 2.39 bits per heavy atom. The lowest BCUT2D eigenvalue weighted by molar-refractivity contribution is 0.101. The highest BCUT2D eigenvalue weighted by Gasteiger charge is 2.19. The third kappa shape index (κ3) is 5.55. The Morgan fingerprint density at radius 1 is 1.00 bits per heavy atom. The van der Waals surface area contributed by atoms with Crippen LogP contribution in [0.2, 0.25) is 0 Å². The van der Waals surface area contributed by atoms with Crippen molar-refractivity contribution in [2.45, 2.75) is 18.4 Å². The molecule has 0 amide bonds. The van der Waals surface area contributed by atoms with Crippen LogP contribution in [0, 0.1) is 5.82 Å². The maximum atomic E-state index is 13.2. The zero-order valence-electron chi connectivity index (χ0n) is 18.2. The molecular weight excluding hydrogens is 443 g/mol. The van der Waals surface area contributed by atoms with Gasteiger partial charge in [-0.2, -0.15) is 0 Å². The SMILES string of the molecule is CC(=O)c1cccc(S(=O)(=O)NCc2ccnc(N3CCN(c4ccc(F)cc4)CC3)c2)c1. The third-order valence-electron chi connectivity index (χ3n) is 5.62. The Kier molecular flexibility index (Phi) is 6.71. The van der Waals surface area contributed by atoms with Gasteiger partial charge < -0.3 is 9.80 Å². The highest BCUT2D eigenvalue weighted by atomic mass is 32.2. The van der Waals surface area contributed by atoms with Crippen molar-refractivity contribution in [3.05, 3.63) is 83.8 Å². The molecule has 1 saturated heterocycles. The molecule has 1 N–H and O–H groups in total. The second-order valence-electron chi connectivity index (χ2n) is 7.88. The molecule has 0 atom stereocenters. The number of aromatic nitrogens is 1. The van der Waals surface area contributed by atoms with Crippen LogP contribution in [0.15, 0.2) is 71.8 Å². The van der Waals surface area contributed by atoms with E-state index in [2.05, 4.69) is 19.5 Å². The fraction of sp³-hybridized carbons (Fsp3) is 0.250. The van der Waals surface area contributed by atoms with Crippen molar-refractivity contribution in [1.29, 1.82) is 0 Å². The number of hydrogen-bond donors (Lipinski definition) is 1. The van der Waals surface area contributed by atoms with E-state index in [4.69, 9.17) is 0 Å². The van der Waals surface area contributed by atoms with E-state index in [9.17, 15) is 17.6 Å². The number of hydrogen-bond acceptors (Lipinski definition) is 6. The standard InChI is InChI=1S/C24H25FN4O3S/c1-18(30)20-3-2-4-23(16-20)33(31,32)27-17-19-9-10-26-24(15-19)29-13-11-28(12-14-29)22-7-5-21(25)6-8-22/h2-10,15-16,27H,11-14,17H2,1H3. The number of Topliss-reactive ketones (excluding diaryl/α,β-unsaturated/α-hetero) is 1. The number of halogens is 1.